The van der Waals surface area contributed by atoms with Crippen LogP contribution in [0.5, 0.6) is 17.2 Å². The van der Waals surface area contributed by atoms with Crippen LogP contribution in [-0.2, 0) is 4.79 Å². The van der Waals surface area contributed by atoms with Crippen LogP contribution in [0.25, 0.3) is 0 Å². The summed E-state index contributed by atoms with van der Waals surface area (Å²) in [4.78, 5) is 23.7. The molecule has 2 N–H and O–H groups in total. The zero-order chi connectivity index (χ0) is 20.0. The minimum absolute atomic E-state index is 0.0667. The van der Waals surface area contributed by atoms with Crippen molar-refractivity contribution in [2.75, 3.05) is 24.9 Å². The largest absolute Gasteiger partial charge is 0.495 e. The second-order valence-electron chi connectivity index (χ2n) is 5.29. The predicted octanol–water partition coefficient (Wildman–Crippen LogP) is 3.52. The quantitative estimate of drug-likeness (QED) is 0.768. The average molecular weight is 380 g/mol. The van der Waals surface area contributed by atoms with Gasteiger partial charge in [0.25, 0.3) is 5.91 Å². The first kappa shape index (κ1) is 20.0. The lowest BCUT2D eigenvalue weighted by Gasteiger charge is -2.14. The van der Waals surface area contributed by atoms with Gasteiger partial charge in [-0.3, -0.25) is 9.59 Å². The second-order valence-corrected chi connectivity index (χ2v) is 5.29. The minimum Gasteiger partial charge on any atom is -0.495 e. The van der Waals surface area contributed by atoms with Crippen LogP contribution in [0.2, 0.25) is 0 Å². The number of rotatable bonds is 7. The summed E-state index contributed by atoms with van der Waals surface area (Å²) in [6.07, 6.45) is 0. The third kappa shape index (κ3) is 5.30. The average Bonchev–Trinajstić information content (AvgIpc) is 2.61. The maximum atomic E-state index is 12.5. The van der Waals surface area contributed by atoms with Gasteiger partial charge in [0.05, 0.1) is 19.9 Å². The Morgan fingerprint density at radius 2 is 1.59 bits per heavy atom. The molecule has 0 aliphatic carbocycles. The third-order valence-electron chi connectivity index (χ3n) is 3.41. The molecule has 0 aliphatic rings. The maximum absolute atomic E-state index is 12.5. The molecule has 2 aromatic carbocycles. The Kier molecular flexibility index (Phi) is 6.53. The van der Waals surface area contributed by atoms with E-state index in [1.807, 2.05) is 0 Å². The van der Waals surface area contributed by atoms with E-state index in [1.165, 1.54) is 39.3 Å². The highest BCUT2D eigenvalue weighted by Gasteiger charge is 2.16. The topological polar surface area (TPSA) is 85.9 Å². The Morgan fingerprint density at radius 1 is 0.926 bits per heavy atom. The second kappa shape index (κ2) is 8.84. The van der Waals surface area contributed by atoms with Crippen molar-refractivity contribution in [2.24, 2.45) is 0 Å². The molecule has 0 atom stereocenters. The molecule has 0 saturated heterocycles. The van der Waals surface area contributed by atoms with Crippen LogP contribution < -0.4 is 24.8 Å². The number of carbonyl (C=O) groups is 2. The van der Waals surface area contributed by atoms with Gasteiger partial charge in [-0.15, -0.1) is 0 Å². The van der Waals surface area contributed by atoms with Gasteiger partial charge in [0.15, 0.2) is 11.5 Å². The summed E-state index contributed by atoms with van der Waals surface area (Å²) in [7, 11) is 2.72. The molecule has 2 amide bonds. The van der Waals surface area contributed by atoms with Gasteiger partial charge in [0, 0.05) is 18.2 Å². The number of nitrogens with one attached hydrogen (secondary N) is 2. The number of carbonyl (C=O) groups excluding carboxylic acids is 2. The van der Waals surface area contributed by atoms with E-state index in [2.05, 4.69) is 15.4 Å². The molecule has 2 rings (SSSR count). The van der Waals surface area contributed by atoms with Gasteiger partial charge in [-0.25, -0.2) is 0 Å². The smallest absolute Gasteiger partial charge is 0.387 e. The number of amides is 2. The first-order chi connectivity index (χ1) is 12.8. The van der Waals surface area contributed by atoms with Crippen molar-refractivity contribution in [1.82, 2.24) is 0 Å². The van der Waals surface area contributed by atoms with E-state index in [0.29, 0.717) is 17.1 Å². The van der Waals surface area contributed by atoms with E-state index in [-0.39, 0.29) is 23.0 Å². The van der Waals surface area contributed by atoms with Gasteiger partial charge in [0.2, 0.25) is 5.91 Å². The standard InChI is InChI=1S/C18H18F2N2O5/c1-10(23)21-12-5-7-14(25-2)13(9-12)22-17(24)11-4-6-15(26-3)16(8-11)27-18(19)20/h4-9,18H,1-3H3,(H,21,23)(H,22,24). The van der Waals surface area contributed by atoms with E-state index in [1.54, 1.807) is 12.1 Å². The van der Waals surface area contributed by atoms with Gasteiger partial charge in [-0.2, -0.15) is 8.78 Å². The highest BCUT2D eigenvalue weighted by atomic mass is 19.3. The molecule has 7 nitrogen and oxygen atoms in total. The number of hydrogen-bond acceptors (Lipinski definition) is 5. The Labute approximate surface area is 154 Å². The lowest BCUT2D eigenvalue weighted by molar-refractivity contribution is -0.114. The Morgan fingerprint density at radius 3 is 2.19 bits per heavy atom. The van der Waals surface area contributed by atoms with Crippen molar-refractivity contribution in [3.63, 3.8) is 0 Å². The summed E-state index contributed by atoms with van der Waals surface area (Å²) in [5, 5.41) is 5.20. The monoisotopic (exact) mass is 380 g/mol. The fourth-order valence-corrected chi connectivity index (χ4v) is 2.29. The first-order valence-electron chi connectivity index (χ1n) is 7.74. The number of halogens is 2. The molecule has 9 heteroatoms. The zero-order valence-electron chi connectivity index (χ0n) is 14.8. The fraction of sp³-hybridized carbons (Fsp3) is 0.222. The normalized spacial score (nSPS) is 10.3. The summed E-state index contributed by atoms with van der Waals surface area (Å²) < 4.78 is 39.6. The maximum Gasteiger partial charge on any atom is 0.387 e. The molecule has 0 heterocycles. The number of benzene rings is 2. The SMILES string of the molecule is COc1ccc(NC(C)=O)cc1NC(=O)c1ccc(OC)c(OC(F)F)c1. The van der Waals surface area contributed by atoms with Crippen LogP contribution in [0.3, 0.4) is 0 Å². The molecule has 0 saturated carbocycles. The summed E-state index contributed by atoms with van der Waals surface area (Å²) in [5.41, 5.74) is 0.814. The van der Waals surface area contributed by atoms with Gasteiger partial charge >= 0.3 is 6.61 Å². The van der Waals surface area contributed by atoms with Gasteiger partial charge < -0.3 is 24.8 Å². The molecule has 27 heavy (non-hydrogen) atoms. The number of ether oxygens (including phenoxy) is 3. The van der Waals surface area contributed by atoms with Crippen LogP contribution in [-0.4, -0.2) is 32.6 Å². The van der Waals surface area contributed by atoms with Gasteiger partial charge in [-0.05, 0) is 36.4 Å². The number of alkyl halides is 2. The van der Waals surface area contributed by atoms with Crippen molar-refractivity contribution in [3.05, 3.63) is 42.0 Å². The highest BCUT2D eigenvalue weighted by Crippen LogP contribution is 2.31. The lowest BCUT2D eigenvalue weighted by Crippen LogP contribution is -2.14. The molecule has 2 aromatic rings. The van der Waals surface area contributed by atoms with E-state index in [0.717, 1.165) is 6.07 Å². The molecule has 0 radical (unpaired) electrons. The molecule has 0 aromatic heterocycles. The summed E-state index contributed by atoms with van der Waals surface area (Å²) >= 11 is 0. The minimum atomic E-state index is -3.06. The molecule has 0 spiro atoms. The summed E-state index contributed by atoms with van der Waals surface area (Å²) in [5.74, 6) is -0.706. The number of methoxy groups -OCH3 is 2. The van der Waals surface area contributed by atoms with Crippen molar-refractivity contribution in [1.29, 1.82) is 0 Å². The van der Waals surface area contributed by atoms with Crippen LogP contribution in [0.4, 0.5) is 20.2 Å². The number of hydrogen-bond donors (Lipinski definition) is 2. The van der Waals surface area contributed by atoms with Crippen molar-refractivity contribution in [3.8, 4) is 17.2 Å². The first-order valence-corrected chi connectivity index (χ1v) is 7.74. The molecular formula is C18H18F2N2O5. The Bertz CT molecular complexity index is 842. The Balaban J connectivity index is 2.29. The molecule has 0 aliphatic heterocycles. The van der Waals surface area contributed by atoms with Crippen molar-refractivity contribution < 1.29 is 32.6 Å². The molecule has 0 unspecified atom stereocenters. The van der Waals surface area contributed by atoms with Gasteiger partial charge in [0.1, 0.15) is 5.75 Å². The zero-order valence-corrected chi connectivity index (χ0v) is 14.8. The Hall–Kier alpha value is -3.36. The van der Waals surface area contributed by atoms with Crippen molar-refractivity contribution in [2.45, 2.75) is 13.5 Å². The van der Waals surface area contributed by atoms with Crippen LogP contribution in [0.1, 0.15) is 17.3 Å². The van der Waals surface area contributed by atoms with E-state index >= 15 is 0 Å². The van der Waals surface area contributed by atoms with Gasteiger partial charge in [-0.1, -0.05) is 0 Å². The molecule has 144 valence electrons. The van der Waals surface area contributed by atoms with Crippen molar-refractivity contribution >= 4 is 23.2 Å². The molecule has 0 bridgehead atoms. The lowest BCUT2D eigenvalue weighted by atomic mass is 10.1. The van der Waals surface area contributed by atoms with Crippen LogP contribution in [0, 0.1) is 0 Å². The van der Waals surface area contributed by atoms with E-state index in [9.17, 15) is 18.4 Å². The van der Waals surface area contributed by atoms with Crippen LogP contribution >= 0.6 is 0 Å². The third-order valence-corrected chi connectivity index (χ3v) is 3.41. The highest BCUT2D eigenvalue weighted by molar-refractivity contribution is 6.06. The molecular weight excluding hydrogens is 362 g/mol. The van der Waals surface area contributed by atoms with Crippen LogP contribution in [0.15, 0.2) is 36.4 Å². The molecule has 0 fully saturated rings. The predicted molar refractivity (Wildman–Crippen MR) is 94.9 cm³/mol. The fourth-order valence-electron chi connectivity index (χ4n) is 2.29. The number of anilines is 2. The summed E-state index contributed by atoms with van der Waals surface area (Å²) in [6.45, 7) is -1.71. The summed E-state index contributed by atoms with van der Waals surface area (Å²) in [6, 6.07) is 8.58. The van der Waals surface area contributed by atoms with E-state index in [4.69, 9.17) is 9.47 Å². The van der Waals surface area contributed by atoms with E-state index < -0.39 is 12.5 Å².